The molecule has 0 rings (SSSR count). The van der Waals surface area contributed by atoms with E-state index in [-0.39, 0.29) is 0 Å². The molecule has 0 radical (unpaired) electrons. The molecule has 0 nitrogen and oxygen atoms in total. The van der Waals surface area contributed by atoms with Gasteiger partial charge in [0.05, 0.1) is 0 Å². The first-order valence-electron chi connectivity index (χ1n) is 14.4. The molecule has 0 aromatic rings. The maximum Gasteiger partial charge on any atom is 0.0197 e. The highest BCUT2D eigenvalue weighted by Gasteiger charge is 1.96. The Hall–Kier alpha value is 0.217. The average molecular weight is 425 g/mol. The maximum absolute atomic E-state index is 2.31. The van der Waals surface area contributed by atoms with Gasteiger partial charge in [0, 0.05) is 9.52 Å². The fourth-order valence-corrected chi connectivity index (χ4v) is 6.33. The van der Waals surface area contributed by atoms with E-state index in [0.717, 1.165) is 0 Å². The maximum atomic E-state index is 2.31. The first-order chi connectivity index (χ1) is 14.4. The van der Waals surface area contributed by atoms with Crippen LogP contribution in [-0.4, -0.2) is 9.52 Å². The molecule has 0 atom stereocenters. The normalized spacial score (nSPS) is 11.4. The number of hydrogen-bond acceptors (Lipinski definition) is 0. The summed E-state index contributed by atoms with van der Waals surface area (Å²) >= 11 is 0. The molecule has 0 saturated carbocycles. The summed E-state index contributed by atoms with van der Waals surface area (Å²) in [5.74, 6) is 0. The lowest BCUT2D eigenvalue weighted by Crippen LogP contribution is -1.90. The predicted octanol–water partition coefficient (Wildman–Crippen LogP) is 10.4. The van der Waals surface area contributed by atoms with Gasteiger partial charge < -0.3 is 0 Å². The molecule has 29 heavy (non-hydrogen) atoms. The van der Waals surface area contributed by atoms with Crippen LogP contribution in [0.4, 0.5) is 0 Å². The molecule has 0 aromatic carbocycles. The Labute approximate surface area is 189 Å². The Kier molecular flexibility index (Phi) is 28.4. The summed E-state index contributed by atoms with van der Waals surface area (Å²) in [5, 5.41) is 0. The van der Waals surface area contributed by atoms with Crippen LogP contribution in [0.15, 0.2) is 0 Å². The molecule has 0 fully saturated rings. The zero-order valence-electron chi connectivity index (χ0n) is 21.1. The fourth-order valence-electron chi connectivity index (χ4n) is 4.57. The number of hydrogen-bond donors (Lipinski definition) is 0. The van der Waals surface area contributed by atoms with E-state index in [2.05, 4.69) is 13.8 Å². The third kappa shape index (κ3) is 28.2. The van der Waals surface area contributed by atoms with Gasteiger partial charge in [-0.15, -0.1) is 0 Å². The molecule has 0 bridgehead atoms. The zero-order valence-corrected chi connectivity index (χ0v) is 22.5. The van der Waals surface area contributed by atoms with Crippen molar-refractivity contribution in [3.63, 3.8) is 0 Å². The molecule has 0 aliphatic rings. The van der Waals surface area contributed by atoms with Crippen LogP contribution < -0.4 is 0 Å². The Bertz CT molecular complexity index is 237. The first kappa shape index (κ1) is 29.2. The third-order valence-corrected chi connectivity index (χ3v) is 8.71. The third-order valence-electron chi connectivity index (χ3n) is 6.71. The van der Waals surface area contributed by atoms with Gasteiger partial charge in [0.1, 0.15) is 0 Å². The van der Waals surface area contributed by atoms with Crippen molar-refractivity contribution in [2.45, 2.75) is 180 Å². The summed E-state index contributed by atoms with van der Waals surface area (Å²) in [6, 6.07) is 3.27. The highest BCUT2D eigenvalue weighted by molar-refractivity contribution is 6.35. The summed E-state index contributed by atoms with van der Waals surface area (Å²) in [4.78, 5) is 0. The van der Waals surface area contributed by atoms with Crippen LogP contribution in [0.5, 0.6) is 0 Å². The monoisotopic (exact) mass is 424 g/mol. The Morgan fingerprint density at radius 2 is 0.483 bits per heavy atom. The van der Waals surface area contributed by atoms with Crippen LogP contribution in [0.1, 0.15) is 168 Å². The van der Waals surface area contributed by atoms with Gasteiger partial charge in [-0.05, 0) is 0 Å². The molecule has 0 amide bonds. The van der Waals surface area contributed by atoms with E-state index in [9.17, 15) is 0 Å². The second kappa shape index (κ2) is 28.2. The van der Waals surface area contributed by atoms with E-state index in [1.54, 1.807) is 24.9 Å². The summed E-state index contributed by atoms with van der Waals surface area (Å²) in [7, 11) is 0.295. The Morgan fingerprint density at radius 1 is 0.276 bits per heavy atom. The molecule has 0 saturated heterocycles. The van der Waals surface area contributed by atoms with Gasteiger partial charge in [-0.25, -0.2) is 0 Å². The molecule has 0 aliphatic carbocycles. The molecular weight excluding hydrogens is 364 g/mol. The van der Waals surface area contributed by atoms with Crippen molar-refractivity contribution < 1.29 is 0 Å². The first-order valence-corrected chi connectivity index (χ1v) is 16.4. The second-order valence-electron chi connectivity index (χ2n) is 9.84. The van der Waals surface area contributed by atoms with Crippen molar-refractivity contribution in [3.8, 4) is 0 Å². The van der Waals surface area contributed by atoms with Crippen LogP contribution in [0, 0.1) is 0 Å². The van der Waals surface area contributed by atoms with Crippen molar-refractivity contribution in [2.24, 2.45) is 0 Å². The van der Waals surface area contributed by atoms with Gasteiger partial charge >= 0.3 is 0 Å². The van der Waals surface area contributed by atoms with Crippen LogP contribution in [-0.2, 0) is 0 Å². The Morgan fingerprint density at radius 3 is 0.724 bits per heavy atom. The average Bonchev–Trinajstić information content (AvgIpc) is 2.74. The van der Waals surface area contributed by atoms with Crippen molar-refractivity contribution in [1.82, 2.24) is 0 Å². The summed E-state index contributed by atoms with van der Waals surface area (Å²) < 4.78 is 0. The van der Waals surface area contributed by atoms with Gasteiger partial charge in [0.15, 0.2) is 0 Å². The van der Waals surface area contributed by atoms with Gasteiger partial charge in [0.25, 0.3) is 0 Å². The Balaban J connectivity index is 2.97. The van der Waals surface area contributed by atoms with Crippen molar-refractivity contribution in [1.29, 1.82) is 0 Å². The minimum absolute atomic E-state index is 0.295. The molecule has 176 valence electrons. The topological polar surface area (TPSA) is 0 Å². The van der Waals surface area contributed by atoms with Crippen LogP contribution in [0.2, 0.25) is 12.1 Å². The highest BCUT2D eigenvalue weighted by Crippen LogP contribution is 2.14. The largest absolute Gasteiger partial charge is 0.0654 e. The fraction of sp³-hybridized carbons (Fsp3) is 1.00. The second-order valence-corrected chi connectivity index (χ2v) is 12.0. The number of rotatable bonds is 26. The number of unbranched alkanes of at least 4 members (excludes halogenated alkanes) is 22. The molecule has 0 unspecified atom stereocenters. The lowest BCUT2D eigenvalue weighted by molar-refractivity contribution is 0.546. The molecule has 0 spiro atoms. The molecule has 0 N–H and O–H groups in total. The van der Waals surface area contributed by atoms with E-state index in [0.29, 0.717) is 9.52 Å². The van der Waals surface area contributed by atoms with Gasteiger partial charge in [-0.2, -0.15) is 0 Å². The molecule has 0 heterocycles. The summed E-state index contributed by atoms with van der Waals surface area (Å²) in [6.45, 7) is 4.61. The van der Waals surface area contributed by atoms with E-state index in [4.69, 9.17) is 0 Å². The smallest absolute Gasteiger partial charge is 0.0197 e. The zero-order chi connectivity index (χ0) is 21.1. The highest BCUT2D eigenvalue weighted by atomic mass is 28.2. The summed E-state index contributed by atoms with van der Waals surface area (Å²) in [6.07, 6.45) is 35.8. The molecular formula is C28H60Si. The van der Waals surface area contributed by atoms with Crippen LogP contribution in [0.3, 0.4) is 0 Å². The minimum atomic E-state index is 0.295. The predicted molar refractivity (Wildman–Crippen MR) is 140 cm³/mol. The summed E-state index contributed by atoms with van der Waals surface area (Å²) in [5.41, 5.74) is 0. The van der Waals surface area contributed by atoms with Gasteiger partial charge in [-0.3, -0.25) is 0 Å². The van der Waals surface area contributed by atoms with E-state index >= 15 is 0 Å². The van der Waals surface area contributed by atoms with Crippen molar-refractivity contribution in [3.05, 3.63) is 0 Å². The van der Waals surface area contributed by atoms with Crippen LogP contribution >= 0.6 is 0 Å². The van der Waals surface area contributed by atoms with Crippen molar-refractivity contribution in [2.75, 3.05) is 0 Å². The quantitative estimate of drug-likeness (QED) is 0.0956. The van der Waals surface area contributed by atoms with E-state index < -0.39 is 0 Å². The minimum Gasteiger partial charge on any atom is -0.0654 e. The van der Waals surface area contributed by atoms with Crippen LogP contribution in [0.25, 0.3) is 0 Å². The molecule has 1 heteroatoms. The van der Waals surface area contributed by atoms with Gasteiger partial charge in [0.2, 0.25) is 0 Å². The van der Waals surface area contributed by atoms with E-state index in [1.165, 1.54) is 141 Å². The molecule has 0 aromatic heterocycles. The van der Waals surface area contributed by atoms with Gasteiger partial charge in [-0.1, -0.05) is 180 Å². The van der Waals surface area contributed by atoms with E-state index in [1.807, 2.05) is 0 Å². The molecule has 0 aliphatic heterocycles. The lowest BCUT2D eigenvalue weighted by Gasteiger charge is -2.04. The lowest BCUT2D eigenvalue weighted by atomic mass is 10.1. The standard InChI is InChI=1S/C28H60Si/c1-3-5-7-9-11-13-15-17-19-21-23-25-27-29-28-26-24-22-20-18-16-14-12-10-8-6-4-2/h3-29H2,1-2H3. The van der Waals surface area contributed by atoms with Crippen molar-refractivity contribution >= 4 is 9.52 Å². The SMILES string of the molecule is CCCCCCCCCCCCCC[SiH2]CCCCCCCCCCCCCC.